The normalized spacial score (nSPS) is 11.2. The Morgan fingerprint density at radius 3 is 1.88 bits per heavy atom. The molecular formula is C24H24N4O4S. The first-order valence-electron chi connectivity index (χ1n) is 10.3. The number of anilines is 2. The van der Waals surface area contributed by atoms with Gasteiger partial charge < -0.3 is 14.8 Å². The van der Waals surface area contributed by atoms with E-state index in [9.17, 15) is 8.42 Å². The Hall–Kier alpha value is -3.85. The number of methoxy groups -OCH3 is 2. The second-order valence-corrected chi connectivity index (χ2v) is 8.90. The first-order valence-corrected chi connectivity index (χ1v) is 11.8. The monoisotopic (exact) mass is 464 g/mol. The number of fused-ring (bicyclic) bond motifs is 1. The van der Waals surface area contributed by atoms with Crippen molar-refractivity contribution < 1.29 is 17.9 Å². The molecule has 0 saturated carbocycles. The molecule has 0 aliphatic carbocycles. The minimum atomic E-state index is -3.88. The van der Waals surface area contributed by atoms with Crippen LogP contribution < -0.4 is 19.5 Å². The number of sulfonamides is 1. The van der Waals surface area contributed by atoms with Crippen LogP contribution in [-0.2, 0) is 16.4 Å². The highest BCUT2D eigenvalue weighted by molar-refractivity contribution is 7.92. The van der Waals surface area contributed by atoms with Crippen molar-refractivity contribution >= 4 is 32.7 Å². The Balaban J connectivity index is 1.58. The Morgan fingerprint density at radius 2 is 1.30 bits per heavy atom. The van der Waals surface area contributed by atoms with Crippen LogP contribution in [0.2, 0.25) is 0 Å². The van der Waals surface area contributed by atoms with E-state index in [2.05, 4.69) is 20.0 Å². The second-order valence-electron chi connectivity index (χ2n) is 7.22. The van der Waals surface area contributed by atoms with Gasteiger partial charge in [0.15, 0.2) is 11.6 Å². The first kappa shape index (κ1) is 22.3. The molecule has 0 fully saturated rings. The molecule has 4 rings (SSSR count). The van der Waals surface area contributed by atoms with Gasteiger partial charge in [-0.3, -0.25) is 4.72 Å². The topological polar surface area (TPSA) is 102 Å². The van der Waals surface area contributed by atoms with Crippen molar-refractivity contribution in [1.82, 2.24) is 9.97 Å². The van der Waals surface area contributed by atoms with E-state index in [1.165, 1.54) is 19.2 Å². The van der Waals surface area contributed by atoms with Gasteiger partial charge in [-0.15, -0.1) is 0 Å². The zero-order valence-electron chi connectivity index (χ0n) is 18.3. The molecule has 0 bridgehead atoms. The number of nitrogens with one attached hydrogen (secondary N) is 2. The van der Waals surface area contributed by atoms with Crippen molar-refractivity contribution in [2.75, 3.05) is 30.8 Å². The Labute approximate surface area is 192 Å². The molecule has 0 amide bonds. The summed E-state index contributed by atoms with van der Waals surface area (Å²) >= 11 is 0. The largest absolute Gasteiger partial charge is 0.497 e. The number of ether oxygens (including phenoxy) is 2. The quantitative estimate of drug-likeness (QED) is 0.384. The van der Waals surface area contributed by atoms with Gasteiger partial charge in [0.2, 0.25) is 0 Å². The highest BCUT2D eigenvalue weighted by Gasteiger charge is 2.19. The number of aromatic nitrogens is 2. The van der Waals surface area contributed by atoms with E-state index in [0.717, 1.165) is 11.3 Å². The average Bonchev–Trinajstić information content (AvgIpc) is 2.84. The number of nitrogens with zero attached hydrogens (tertiary/aromatic N) is 2. The summed E-state index contributed by atoms with van der Waals surface area (Å²) < 4.78 is 38.8. The fourth-order valence-corrected chi connectivity index (χ4v) is 4.26. The zero-order valence-corrected chi connectivity index (χ0v) is 19.1. The third-order valence-corrected chi connectivity index (χ3v) is 6.39. The second kappa shape index (κ2) is 9.74. The molecule has 2 N–H and O–H groups in total. The van der Waals surface area contributed by atoms with Crippen molar-refractivity contribution in [3.8, 4) is 11.5 Å². The van der Waals surface area contributed by atoms with Gasteiger partial charge in [0.25, 0.3) is 10.0 Å². The third-order valence-electron chi connectivity index (χ3n) is 5.04. The molecular weight excluding hydrogens is 440 g/mol. The fourth-order valence-electron chi connectivity index (χ4n) is 3.25. The van der Waals surface area contributed by atoms with Crippen LogP contribution in [0.5, 0.6) is 11.5 Å². The van der Waals surface area contributed by atoms with Crippen molar-refractivity contribution in [2.24, 2.45) is 0 Å². The van der Waals surface area contributed by atoms with Crippen LogP contribution in [-0.4, -0.2) is 39.2 Å². The number of benzene rings is 3. The van der Waals surface area contributed by atoms with Crippen molar-refractivity contribution in [3.05, 3.63) is 78.4 Å². The molecule has 4 aromatic rings. The Kier molecular flexibility index (Phi) is 6.60. The minimum absolute atomic E-state index is 0.0995. The maximum atomic E-state index is 13.0. The Morgan fingerprint density at radius 1 is 0.758 bits per heavy atom. The van der Waals surface area contributed by atoms with Gasteiger partial charge in [-0.05, 0) is 60.5 Å². The summed E-state index contributed by atoms with van der Waals surface area (Å²) in [6.07, 6.45) is 0.711. The van der Waals surface area contributed by atoms with E-state index < -0.39 is 10.0 Å². The molecule has 9 heteroatoms. The standard InChI is InChI=1S/C24H24N4O4S/c1-31-18-9-7-17(8-10-18)15-16-25-23-24(27-22-6-4-3-5-21(22)26-23)28-33(29,30)20-13-11-19(32-2)12-14-20/h3-14H,15-16H2,1-2H3,(H,25,26)(H,27,28). The lowest BCUT2D eigenvalue weighted by molar-refractivity contribution is 0.414. The summed E-state index contributed by atoms with van der Waals surface area (Å²) in [6, 6.07) is 21.2. The van der Waals surface area contributed by atoms with E-state index in [1.54, 1.807) is 25.3 Å². The smallest absolute Gasteiger partial charge is 0.263 e. The Bertz CT molecular complexity index is 1340. The van der Waals surface area contributed by atoms with Crippen LogP contribution in [0.15, 0.2) is 77.7 Å². The van der Waals surface area contributed by atoms with E-state index in [1.807, 2.05) is 42.5 Å². The average molecular weight is 465 g/mol. The molecule has 3 aromatic carbocycles. The number of para-hydroxylation sites is 2. The lowest BCUT2D eigenvalue weighted by Gasteiger charge is -2.14. The molecule has 0 saturated heterocycles. The summed E-state index contributed by atoms with van der Waals surface area (Å²) in [4.78, 5) is 9.21. The number of hydrogen-bond acceptors (Lipinski definition) is 7. The minimum Gasteiger partial charge on any atom is -0.497 e. The molecule has 0 atom stereocenters. The molecule has 1 aromatic heterocycles. The molecule has 0 spiro atoms. The highest BCUT2D eigenvalue weighted by Crippen LogP contribution is 2.25. The van der Waals surface area contributed by atoms with E-state index in [4.69, 9.17) is 9.47 Å². The molecule has 0 aliphatic heterocycles. The first-order chi connectivity index (χ1) is 16.0. The fraction of sp³-hybridized carbons (Fsp3) is 0.167. The molecule has 170 valence electrons. The van der Waals surface area contributed by atoms with Gasteiger partial charge in [-0.1, -0.05) is 24.3 Å². The predicted molar refractivity (Wildman–Crippen MR) is 129 cm³/mol. The van der Waals surface area contributed by atoms with Crippen LogP contribution in [0, 0.1) is 0 Å². The van der Waals surface area contributed by atoms with Gasteiger partial charge in [-0.2, -0.15) is 0 Å². The highest BCUT2D eigenvalue weighted by atomic mass is 32.2. The molecule has 1 heterocycles. The zero-order chi connectivity index (χ0) is 23.3. The van der Waals surface area contributed by atoms with Crippen LogP contribution >= 0.6 is 0 Å². The number of hydrogen-bond donors (Lipinski definition) is 2. The van der Waals surface area contributed by atoms with Crippen LogP contribution in [0.4, 0.5) is 11.6 Å². The lowest BCUT2D eigenvalue weighted by Crippen LogP contribution is -2.17. The van der Waals surface area contributed by atoms with Gasteiger partial charge in [-0.25, -0.2) is 18.4 Å². The van der Waals surface area contributed by atoms with Crippen molar-refractivity contribution in [2.45, 2.75) is 11.3 Å². The van der Waals surface area contributed by atoms with Crippen LogP contribution in [0.3, 0.4) is 0 Å². The summed E-state index contributed by atoms with van der Waals surface area (Å²) in [5.41, 5.74) is 2.36. The lowest BCUT2D eigenvalue weighted by atomic mass is 10.1. The van der Waals surface area contributed by atoms with Gasteiger partial charge >= 0.3 is 0 Å². The molecule has 8 nitrogen and oxygen atoms in total. The maximum Gasteiger partial charge on any atom is 0.263 e. The van der Waals surface area contributed by atoms with Crippen molar-refractivity contribution in [3.63, 3.8) is 0 Å². The van der Waals surface area contributed by atoms with Crippen molar-refractivity contribution in [1.29, 1.82) is 0 Å². The van der Waals surface area contributed by atoms with E-state index in [-0.39, 0.29) is 10.7 Å². The molecule has 0 radical (unpaired) electrons. The van der Waals surface area contributed by atoms with Gasteiger partial charge in [0, 0.05) is 6.54 Å². The number of rotatable bonds is 9. The summed E-state index contributed by atoms with van der Waals surface area (Å²) in [6.45, 7) is 0.538. The predicted octanol–water partition coefficient (Wildman–Crippen LogP) is 4.10. The summed E-state index contributed by atoms with van der Waals surface area (Å²) in [7, 11) is -0.724. The van der Waals surface area contributed by atoms with E-state index in [0.29, 0.717) is 35.6 Å². The van der Waals surface area contributed by atoms with Crippen LogP contribution in [0.25, 0.3) is 11.0 Å². The van der Waals surface area contributed by atoms with Crippen LogP contribution in [0.1, 0.15) is 5.56 Å². The van der Waals surface area contributed by atoms with Gasteiger partial charge in [0.05, 0.1) is 30.1 Å². The SMILES string of the molecule is COc1ccc(CCNc2nc3ccccc3nc2NS(=O)(=O)c2ccc(OC)cc2)cc1. The summed E-state index contributed by atoms with van der Waals surface area (Å²) in [5.74, 6) is 1.86. The third kappa shape index (κ3) is 5.32. The van der Waals surface area contributed by atoms with E-state index >= 15 is 0 Å². The maximum absolute atomic E-state index is 13.0. The van der Waals surface area contributed by atoms with Gasteiger partial charge in [0.1, 0.15) is 11.5 Å². The summed E-state index contributed by atoms with van der Waals surface area (Å²) in [5, 5.41) is 3.22. The molecule has 0 aliphatic rings. The molecule has 0 unspecified atom stereocenters. The molecule has 33 heavy (non-hydrogen) atoms.